The number of aliphatic carboxylic acids is 1. The molecule has 0 heterocycles. The smallest absolute Gasteiger partial charge is 0.306 e. The number of carbonyl (C=O) groups is 2. The van der Waals surface area contributed by atoms with Crippen molar-refractivity contribution in [1.82, 2.24) is 0 Å². The van der Waals surface area contributed by atoms with E-state index in [4.69, 9.17) is 9.84 Å². The quantitative estimate of drug-likeness (QED) is 0.0469. The molecule has 0 aliphatic heterocycles. The van der Waals surface area contributed by atoms with E-state index in [1.807, 2.05) is 0 Å². The predicted molar refractivity (Wildman–Crippen MR) is 181 cm³/mol. The zero-order chi connectivity index (χ0) is 30.8. The summed E-state index contributed by atoms with van der Waals surface area (Å²) in [6, 6.07) is 0. The molecule has 0 aromatic heterocycles. The van der Waals surface area contributed by atoms with Gasteiger partial charge in [0.25, 0.3) is 0 Å². The number of allylic oxidation sites excluding steroid dienone is 4. The molecule has 0 aliphatic carbocycles. The molecule has 4 heteroatoms. The highest BCUT2D eigenvalue weighted by atomic mass is 16.5. The highest BCUT2D eigenvalue weighted by molar-refractivity contribution is 5.69. The van der Waals surface area contributed by atoms with Crippen LogP contribution < -0.4 is 0 Å². The van der Waals surface area contributed by atoms with Gasteiger partial charge in [0.2, 0.25) is 0 Å². The Bertz CT molecular complexity index is 639. The molecule has 0 radical (unpaired) electrons. The van der Waals surface area contributed by atoms with Crippen molar-refractivity contribution in [3.63, 3.8) is 0 Å². The number of rotatable bonds is 33. The van der Waals surface area contributed by atoms with Crippen LogP contribution >= 0.6 is 0 Å². The Hall–Kier alpha value is -1.58. The average molecular weight is 591 g/mol. The zero-order valence-electron chi connectivity index (χ0n) is 28.1. The Labute approximate surface area is 261 Å². The lowest BCUT2D eigenvalue weighted by atomic mass is 10.0. The number of carboxylic acid groups (broad SMARTS) is 1. The molecule has 0 amide bonds. The van der Waals surface area contributed by atoms with Crippen LogP contribution in [-0.4, -0.2) is 23.1 Å². The van der Waals surface area contributed by atoms with E-state index in [1.165, 1.54) is 116 Å². The summed E-state index contributed by atoms with van der Waals surface area (Å²) in [4.78, 5) is 23.4. The topological polar surface area (TPSA) is 63.6 Å². The van der Waals surface area contributed by atoms with Crippen LogP contribution in [0.1, 0.15) is 200 Å². The summed E-state index contributed by atoms with van der Waals surface area (Å²) in [6.07, 6.45) is 41.8. The standard InChI is InChI=1S/C38H70O4/c1-3-5-7-9-11-13-15-17-18-20-22-24-26-28-30-35-38(41)42-36(33-31-34-37(39)40)32-29-27-25-23-21-19-16-14-12-10-8-6-4-2/h17-19,21,36H,3-16,20,22-35H2,1-2H3,(H,39,40)/b18-17+,21-19+. The maximum atomic E-state index is 12.5. The van der Waals surface area contributed by atoms with E-state index >= 15 is 0 Å². The molecule has 4 nitrogen and oxygen atoms in total. The summed E-state index contributed by atoms with van der Waals surface area (Å²) >= 11 is 0. The first kappa shape index (κ1) is 40.4. The van der Waals surface area contributed by atoms with Crippen molar-refractivity contribution in [2.75, 3.05) is 0 Å². The molecule has 0 aromatic carbocycles. The van der Waals surface area contributed by atoms with Gasteiger partial charge in [-0.25, -0.2) is 0 Å². The average Bonchev–Trinajstić information content (AvgIpc) is 2.97. The molecule has 0 rings (SSSR count). The Morgan fingerprint density at radius 3 is 1.33 bits per heavy atom. The van der Waals surface area contributed by atoms with Crippen molar-refractivity contribution in [3.8, 4) is 0 Å². The molecule has 42 heavy (non-hydrogen) atoms. The highest BCUT2D eigenvalue weighted by Crippen LogP contribution is 2.17. The van der Waals surface area contributed by atoms with Crippen LogP contribution in [0, 0.1) is 0 Å². The summed E-state index contributed by atoms with van der Waals surface area (Å²) in [7, 11) is 0. The van der Waals surface area contributed by atoms with Crippen LogP contribution in [0.25, 0.3) is 0 Å². The fraction of sp³-hybridized carbons (Fsp3) is 0.842. The fourth-order valence-corrected chi connectivity index (χ4v) is 5.42. The van der Waals surface area contributed by atoms with E-state index in [0.717, 1.165) is 44.9 Å². The molecule has 246 valence electrons. The first-order valence-electron chi connectivity index (χ1n) is 18.3. The lowest BCUT2D eigenvalue weighted by Gasteiger charge is -2.18. The van der Waals surface area contributed by atoms with Crippen LogP contribution in [0.4, 0.5) is 0 Å². The number of carboxylic acids is 1. The van der Waals surface area contributed by atoms with Crippen molar-refractivity contribution in [2.24, 2.45) is 0 Å². The lowest BCUT2D eigenvalue weighted by Crippen LogP contribution is -2.18. The van der Waals surface area contributed by atoms with Crippen LogP contribution in [0.15, 0.2) is 24.3 Å². The minimum absolute atomic E-state index is 0.106. The zero-order valence-corrected chi connectivity index (χ0v) is 28.1. The summed E-state index contributed by atoms with van der Waals surface area (Å²) in [5, 5.41) is 8.99. The van der Waals surface area contributed by atoms with E-state index in [-0.39, 0.29) is 18.5 Å². The molecule has 0 spiro atoms. The molecule has 0 aromatic rings. The van der Waals surface area contributed by atoms with Crippen molar-refractivity contribution in [1.29, 1.82) is 0 Å². The van der Waals surface area contributed by atoms with Gasteiger partial charge in [0, 0.05) is 12.8 Å². The van der Waals surface area contributed by atoms with E-state index in [9.17, 15) is 9.59 Å². The summed E-state index contributed by atoms with van der Waals surface area (Å²) in [6.45, 7) is 4.53. The number of hydrogen-bond acceptors (Lipinski definition) is 3. The molecule has 1 atom stereocenters. The molecular weight excluding hydrogens is 520 g/mol. The number of esters is 1. The minimum atomic E-state index is -0.777. The SMILES string of the molecule is CCCCCCCC/C=C/CCCCCCCC(=O)OC(CCCCC/C=C/CCCCCCCC)CCCC(=O)O. The van der Waals surface area contributed by atoms with E-state index < -0.39 is 5.97 Å². The van der Waals surface area contributed by atoms with Crippen molar-refractivity contribution >= 4 is 11.9 Å². The largest absolute Gasteiger partial charge is 0.481 e. The van der Waals surface area contributed by atoms with Gasteiger partial charge in [-0.15, -0.1) is 0 Å². The second-order valence-electron chi connectivity index (χ2n) is 12.4. The Balaban J connectivity index is 3.88. The summed E-state index contributed by atoms with van der Waals surface area (Å²) in [5.74, 6) is -0.883. The molecule has 0 saturated heterocycles. The molecule has 0 aliphatic rings. The second kappa shape index (κ2) is 33.9. The van der Waals surface area contributed by atoms with Crippen molar-refractivity contribution in [2.45, 2.75) is 206 Å². The fourth-order valence-electron chi connectivity index (χ4n) is 5.42. The Morgan fingerprint density at radius 2 is 0.881 bits per heavy atom. The van der Waals surface area contributed by atoms with E-state index in [2.05, 4.69) is 38.2 Å². The first-order chi connectivity index (χ1) is 20.6. The van der Waals surface area contributed by atoms with Crippen LogP contribution in [-0.2, 0) is 14.3 Å². The van der Waals surface area contributed by atoms with Gasteiger partial charge in [-0.1, -0.05) is 128 Å². The molecule has 0 fully saturated rings. The maximum Gasteiger partial charge on any atom is 0.306 e. The lowest BCUT2D eigenvalue weighted by molar-refractivity contribution is -0.150. The Morgan fingerprint density at radius 1 is 0.500 bits per heavy atom. The monoisotopic (exact) mass is 591 g/mol. The van der Waals surface area contributed by atoms with Gasteiger partial charge >= 0.3 is 11.9 Å². The molecule has 1 N–H and O–H groups in total. The van der Waals surface area contributed by atoms with Crippen LogP contribution in [0.5, 0.6) is 0 Å². The number of hydrogen-bond donors (Lipinski definition) is 1. The minimum Gasteiger partial charge on any atom is -0.481 e. The normalized spacial score (nSPS) is 12.4. The molecular formula is C38H70O4. The summed E-state index contributed by atoms with van der Waals surface area (Å²) in [5.41, 5.74) is 0. The third-order valence-electron chi connectivity index (χ3n) is 8.15. The van der Waals surface area contributed by atoms with E-state index in [0.29, 0.717) is 19.3 Å². The van der Waals surface area contributed by atoms with Crippen LogP contribution in [0.3, 0.4) is 0 Å². The summed E-state index contributed by atoms with van der Waals surface area (Å²) < 4.78 is 5.80. The Kier molecular flexibility index (Phi) is 32.6. The van der Waals surface area contributed by atoms with Gasteiger partial charge in [-0.2, -0.15) is 0 Å². The van der Waals surface area contributed by atoms with Gasteiger partial charge in [-0.05, 0) is 83.5 Å². The van der Waals surface area contributed by atoms with Crippen molar-refractivity contribution in [3.05, 3.63) is 24.3 Å². The van der Waals surface area contributed by atoms with Gasteiger partial charge < -0.3 is 9.84 Å². The number of ether oxygens (including phenoxy) is 1. The van der Waals surface area contributed by atoms with Crippen molar-refractivity contribution < 1.29 is 19.4 Å². The molecule has 1 unspecified atom stereocenters. The van der Waals surface area contributed by atoms with E-state index in [1.54, 1.807) is 0 Å². The van der Waals surface area contributed by atoms with Gasteiger partial charge in [-0.3, -0.25) is 9.59 Å². The van der Waals surface area contributed by atoms with Gasteiger partial charge in [0.15, 0.2) is 0 Å². The van der Waals surface area contributed by atoms with Gasteiger partial charge in [0.1, 0.15) is 6.10 Å². The predicted octanol–water partition coefficient (Wildman–Crippen LogP) is 12.4. The van der Waals surface area contributed by atoms with Crippen LogP contribution in [0.2, 0.25) is 0 Å². The molecule has 0 bridgehead atoms. The number of carbonyl (C=O) groups excluding carboxylic acids is 1. The maximum absolute atomic E-state index is 12.5. The number of unbranched alkanes of at least 4 members (excludes halogenated alkanes) is 20. The molecule has 0 saturated carbocycles. The first-order valence-corrected chi connectivity index (χ1v) is 18.3. The highest BCUT2D eigenvalue weighted by Gasteiger charge is 2.15. The third-order valence-corrected chi connectivity index (χ3v) is 8.15. The van der Waals surface area contributed by atoms with Gasteiger partial charge in [0.05, 0.1) is 0 Å². The third kappa shape index (κ3) is 32.9. The second-order valence-corrected chi connectivity index (χ2v) is 12.4.